The van der Waals surface area contributed by atoms with Crippen molar-refractivity contribution in [3.05, 3.63) is 59.3 Å². The molecule has 0 spiro atoms. The number of methoxy groups -OCH3 is 1. The molecule has 1 fully saturated rings. The molecule has 44 heavy (non-hydrogen) atoms. The number of piperidine rings is 1. The fourth-order valence-corrected chi connectivity index (χ4v) is 5.12. The lowest BCUT2D eigenvalue weighted by molar-refractivity contribution is -0.139. The lowest BCUT2D eigenvalue weighted by Crippen LogP contribution is -2.43. The summed E-state index contributed by atoms with van der Waals surface area (Å²) in [6.45, 7) is 5.77. The Morgan fingerprint density at radius 1 is 1.14 bits per heavy atom. The Morgan fingerprint density at radius 2 is 1.89 bits per heavy atom. The third-order valence-corrected chi connectivity index (χ3v) is 7.55. The summed E-state index contributed by atoms with van der Waals surface area (Å²) in [6, 6.07) is 9.22. The van der Waals surface area contributed by atoms with Gasteiger partial charge in [-0.15, -0.1) is 0 Å². The number of ketones is 1. The Labute approximate surface area is 252 Å². The van der Waals surface area contributed by atoms with E-state index in [0.717, 1.165) is 25.9 Å². The Balaban J connectivity index is 1.41. The van der Waals surface area contributed by atoms with Gasteiger partial charge in [-0.05, 0) is 63.3 Å². The number of fused-ring (bicyclic) bond motifs is 1. The number of hydrogen-bond acceptors (Lipinski definition) is 9. The Hall–Kier alpha value is -4.39. The maximum absolute atomic E-state index is 14.0. The molecule has 1 aromatic heterocycles. The molecule has 2 aliphatic heterocycles. The first kappa shape index (κ1) is 31.0. The monoisotopic (exact) mass is 613 g/mol. The normalized spacial score (nSPS) is 17.2. The van der Waals surface area contributed by atoms with E-state index >= 15 is 0 Å². The van der Waals surface area contributed by atoms with E-state index in [1.165, 1.54) is 25.3 Å². The van der Waals surface area contributed by atoms with Crippen molar-refractivity contribution in [2.24, 2.45) is 5.41 Å². The van der Waals surface area contributed by atoms with Crippen LogP contribution in [0, 0.1) is 5.41 Å². The smallest absolute Gasteiger partial charge is 0.423 e. The number of amides is 1. The second kappa shape index (κ2) is 12.3. The molecule has 234 valence electrons. The zero-order chi connectivity index (χ0) is 31.6. The Morgan fingerprint density at radius 3 is 2.59 bits per heavy atom. The number of Topliss-reactive ketones (excluding diaryl/α,β-unsaturated/α-hetero) is 1. The fraction of sp³-hybridized carbons (Fsp3) is 0.419. The summed E-state index contributed by atoms with van der Waals surface area (Å²) < 4.78 is 58.9. The van der Waals surface area contributed by atoms with Crippen LogP contribution in [0.15, 0.2) is 42.6 Å². The maximum Gasteiger partial charge on any atom is 0.423 e. The predicted octanol–water partition coefficient (Wildman–Crippen LogP) is 5.86. The molecule has 0 aliphatic carbocycles. The van der Waals surface area contributed by atoms with Gasteiger partial charge in [-0.25, -0.2) is 4.98 Å². The van der Waals surface area contributed by atoms with E-state index in [1.54, 1.807) is 18.2 Å². The van der Waals surface area contributed by atoms with Crippen LogP contribution in [0.4, 0.5) is 24.8 Å². The standard InChI is InChI=1S/C31H34F3N5O5/c1-30(2)15-22(40)26-23(43-17-30)6-5-7-24(26)44-28-20(31(32,33)34)16-35-29(38-28)37-21-9-8-18(14-25(21)42-4)27(41)36-19-10-12-39(3)13-11-19/h5-9,14,16,19H,10-13,15,17H2,1-4H3,(H,36,41)(H,35,37,38). The molecule has 5 rings (SSSR count). The number of nitrogens with one attached hydrogen (secondary N) is 2. The summed E-state index contributed by atoms with van der Waals surface area (Å²) in [6.07, 6.45) is -2.43. The second-order valence-corrected chi connectivity index (χ2v) is 11.8. The Kier molecular flexibility index (Phi) is 8.69. The summed E-state index contributed by atoms with van der Waals surface area (Å²) in [7, 11) is 3.44. The topological polar surface area (TPSA) is 115 Å². The van der Waals surface area contributed by atoms with Crippen molar-refractivity contribution in [2.45, 2.75) is 45.3 Å². The molecule has 10 nitrogen and oxygen atoms in total. The first-order valence-corrected chi connectivity index (χ1v) is 14.2. The number of alkyl halides is 3. The van der Waals surface area contributed by atoms with E-state index < -0.39 is 23.0 Å². The van der Waals surface area contributed by atoms with Crippen molar-refractivity contribution in [1.82, 2.24) is 20.2 Å². The van der Waals surface area contributed by atoms with Gasteiger partial charge >= 0.3 is 6.18 Å². The van der Waals surface area contributed by atoms with Gasteiger partial charge in [-0.3, -0.25) is 9.59 Å². The van der Waals surface area contributed by atoms with E-state index in [1.807, 2.05) is 20.9 Å². The minimum absolute atomic E-state index is 0.0510. The van der Waals surface area contributed by atoms with Crippen molar-refractivity contribution in [2.75, 3.05) is 39.2 Å². The van der Waals surface area contributed by atoms with E-state index in [0.29, 0.717) is 17.4 Å². The number of anilines is 2. The summed E-state index contributed by atoms with van der Waals surface area (Å²) in [5.41, 5.74) is -0.971. The molecule has 3 heterocycles. The van der Waals surface area contributed by atoms with Crippen LogP contribution >= 0.6 is 0 Å². The molecular formula is C31H34F3N5O5. The van der Waals surface area contributed by atoms with Gasteiger partial charge in [0.2, 0.25) is 11.8 Å². The SMILES string of the molecule is COc1cc(C(=O)NC2CCN(C)CC2)ccc1Nc1ncc(C(F)(F)F)c(Oc2cccc3c2C(=O)CC(C)(C)CO3)n1. The van der Waals surface area contributed by atoms with Crippen molar-refractivity contribution in [1.29, 1.82) is 0 Å². The number of likely N-dealkylation sites (tertiary alicyclic amines) is 1. The average Bonchev–Trinajstić information content (AvgIpc) is 3.08. The van der Waals surface area contributed by atoms with Crippen LogP contribution in [-0.2, 0) is 6.18 Å². The molecule has 1 amide bonds. The highest BCUT2D eigenvalue weighted by Crippen LogP contribution is 2.42. The third kappa shape index (κ3) is 7.04. The summed E-state index contributed by atoms with van der Waals surface area (Å²) in [4.78, 5) is 36.1. The molecule has 3 aromatic rings. The number of benzene rings is 2. The zero-order valence-corrected chi connectivity index (χ0v) is 24.9. The van der Waals surface area contributed by atoms with Crippen molar-refractivity contribution in [3.8, 4) is 23.1 Å². The van der Waals surface area contributed by atoms with Crippen LogP contribution in [0.1, 0.15) is 59.4 Å². The number of aromatic nitrogens is 2. The van der Waals surface area contributed by atoms with Crippen LogP contribution in [0.3, 0.4) is 0 Å². The minimum Gasteiger partial charge on any atom is -0.495 e. The van der Waals surface area contributed by atoms with Gasteiger partial charge in [0, 0.05) is 29.6 Å². The van der Waals surface area contributed by atoms with Crippen LogP contribution in [0.5, 0.6) is 23.1 Å². The molecular weight excluding hydrogens is 579 g/mol. The maximum atomic E-state index is 14.0. The van der Waals surface area contributed by atoms with E-state index in [-0.39, 0.29) is 59.5 Å². The van der Waals surface area contributed by atoms with Gasteiger partial charge in [-0.2, -0.15) is 18.2 Å². The zero-order valence-electron chi connectivity index (χ0n) is 24.9. The number of ether oxygens (including phenoxy) is 3. The molecule has 2 N–H and O–H groups in total. The van der Waals surface area contributed by atoms with Crippen LogP contribution in [0.25, 0.3) is 0 Å². The third-order valence-electron chi connectivity index (χ3n) is 7.55. The van der Waals surface area contributed by atoms with Gasteiger partial charge in [0.1, 0.15) is 28.4 Å². The summed E-state index contributed by atoms with van der Waals surface area (Å²) in [5.74, 6) is -1.22. The predicted molar refractivity (Wildman–Crippen MR) is 156 cm³/mol. The molecule has 2 aromatic carbocycles. The highest BCUT2D eigenvalue weighted by molar-refractivity contribution is 6.02. The molecule has 0 radical (unpaired) electrons. The number of carbonyl (C=O) groups excluding carboxylic acids is 2. The van der Waals surface area contributed by atoms with E-state index in [4.69, 9.17) is 14.2 Å². The molecule has 0 atom stereocenters. The lowest BCUT2D eigenvalue weighted by Gasteiger charge is -2.29. The average molecular weight is 614 g/mol. The second-order valence-electron chi connectivity index (χ2n) is 11.8. The molecule has 0 saturated carbocycles. The largest absolute Gasteiger partial charge is 0.495 e. The molecule has 0 unspecified atom stereocenters. The number of hydrogen-bond donors (Lipinski definition) is 2. The van der Waals surface area contributed by atoms with Gasteiger partial charge in [0.15, 0.2) is 5.78 Å². The number of carbonyl (C=O) groups is 2. The number of rotatable bonds is 7. The van der Waals surface area contributed by atoms with Crippen LogP contribution < -0.4 is 24.8 Å². The number of halogens is 3. The molecule has 0 bridgehead atoms. The Bertz CT molecular complexity index is 1550. The van der Waals surface area contributed by atoms with Gasteiger partial charge in [0.25, 0.3) is 5.91 Å². The van der Waals surface area contributed by atoms with Gasteiger partial charge < -0.3 is 29.7 Å². The van der Waals surface area contributed by atoms with E-state index in [9.17, 15) is 22.8 Å². The molecule has 1 saturated heterocycles. The van der Waals surface area contributed by atoms with Crippen molar-refractivity contribution in [3.63, 3.8) is 0 Å². The minimum atomic E-state index is -4.84. The van der Waals surface area contributed by atoms with Crippen molar-refractivity contribution < 1.29 is 37.0 Å². The van der Waals surface area contributed by atoms with E-state index in [2.05, 4.69) is 25.5 Å². The van der Waals surface area contributed by atoms with Gasteiger partial charge in [0.05, 0.1) is 19.4 Å². The summed E-state index contributed by atoms with van der Waals surface area (Å²) in [5, 5.41) is 5.89. The van der Waals surface area contributed by atoms with Crippen LogP contribution in [0.2, 0.25) is 0 Å². The number of nitrogens with zero attached hydrogens (tertiary/aromatic N) is 3. The van der Waals surface area contributed by atoms with Crippen LogP contribution in [-0.4, -0.2) is 66.5 Å². The van der Waals surface area contributed by atoms with Crippen molar-refractivity contribution >= 4 is 23.3 Å². The summed E-state index contributed by atoms with van der Waals surface area (Å²) >= 11 is 0. The highest BCUT2D eigenvalue weighted by Gasteiger charge is 2.38. The first-order valence-electron chi connectivity index (χ1n) is 14.2. The molecule has 13 heteroatoms. The quantitative estimate of drug-likeness (QED) is 0.338. The van der Waals surface area contributed by atoms with Gasteiger partial charge in [-0.1, -0.05) is 19.9 Å². The highest BCUT2D eigenvalue weighted by atomic mass is 19.4. The lowest BCUT2D eigenvalue weighted by atomic mass is 9.87. The molecule has 2 aliphatic rings. The first-order chi connectivity index (χ1) is 20.8. The fourth-order valence-electron chi connectivity index (χ4n) is 5.12.